The number of aliphatic hydroxyl groups excluding tert-OH is 1. The van der Waals surface area contributed by atoms with Crippen molar-refractivity contribution in [3.05, 3.63) is 82.6 Å². The molecule has 0 spiro atoms. The van der Waals surface area contributed by atoms with Crippen molar-refractivity contribution in [3.63, 3.8) is 0 Å². The van der Waals surface area contributed by atoms with Crippen LogP contribution in [-0.4, -0.2) is 20.1 Å². The number of rotatable bonds is 4. The summed E-state index contributed by atoms with van der Waals surface area (Å²) in [6, 6.07) is 15.6. The van der Waals surface area contributed by atoms with Gasteiger partial charge in [-0.1, -0.05) is 35.9 Å². The van der Waals surface area contributed by atoms with E-state index in [1.54, 1.807) is 12.4 Å². The monoisotopic (exact) mass is 389 g/mol. The number of H-pyrrole nitrogens is 1. The number of aromatic amines is 1. The van der Waals surface area contributed by atoms with Crippen molar-refractivity contribution in [2.45, 2.75) is 20.5 Å². The maximum atomic E-state index is 9.67. The highest BCUT2D eigenvalue weighted by Gasteiger charge is 2.18. The number of benzene rings is 2. The van der Waals surface area contributed by atoms with Crippen LogP contribution in [-0.2, 0) is 6.61 Å². The standard InChI is InChI=1S/C23H20ClN3O/c1-14-3-4-18(13-28)15(2)20(14)23-26-21(16-5-7-19(24)8-6-16)22(27-23)17-9-11-25-12-10-17/h3-12,28H,13H2,1-2H3,(H,26,27). The maximum absolute atomic E-state index is 9.67. The lowest BCUT2D eigenvalue weighted by atomic mass is 9.97. The highest BCUT2D eigenvalue weighted by Crippen LogP contribution is 2.35. The van der Waals surface area contributed by atoms with E-state index in [-0.39, 0.29) is 6.61 Å². The van der Waals surface area contributed by atoms with Crippen LogP contribution in [0.1, 0.15) is 16.7 Å². The minimum atomic E-state index is 0.00107. The molecule has 0 aliphatic heterocycles. The molecular formula is C23H20ClN3O. The average Bonchev–Trinajstić information content (AvgIpc) is 3.14. The third-order valence-corrected chi connectivity index (χ3v) is 5.24. The molecule has 2 N–H and O–H groups in total. The summed E-state index contributed by atoms with van der Waals surface area (Å²) in [7, 11) is 0. The number of hydrogen-bond acceptors (Lipinski definition) is 3. The third-order valence-electron chi connectivity index (χ3n) is 4.98. The van der Waals surface area contributed by atoms with Crippen LogP contribution in [0.3, 0.4) is 0 Å². The molecule has 2 aromatic heterocycles. The number of nitrogens with zero attached hydrogens (tertiary/aromatic N) is 2. The molecule has 5 heteroatoms. The molecule has 0 saturated heterocycles. The van der Waals surface area contributed by atoms with Crippen molar-refractivity contribution in [1.82, 2.24) is 15.0 Å². The fraction of sp³-hybridized carbons (Fsp3) is 0.130. The van der Waals surface area contributed by atoms with Crippen molar-refractivity contribution in [1.29, 1.82) is 0 Å². The van der Waals surface area contributed by atoms with Gasteiger partial charge in [-0.05, 0) is 54.8 Å². The third kappa shape index (κ3) is 3.33. The quantitative estimate of drug-likeness (QED) is 0.479. The van der Waals surface area contributed by atoms with E-state index >= 15 is 0 Å². The first-order valence-electron chi connectivity index (χ1n) is 9.05. The zero-order chi connectivity index (χ0) is 19.7. The molecule has 140 valence electrons. The van der Waals surface area contributed by atoms with Crippen LogP contribution in [0.15, 0.2) is 60.9 Å². The predicted molar refractivity (Wildman–Crippen MR) is 113 cm³/mol. The Balaban J connectivity index is 1.96. The van der Waals surface area contributed by atoms with Crippen molar-refractivity contribution in [2.75, 3.05) is 0 Å². The predicted octanol–water partition coefficient (Wildman–Crippen LogP) is 5.57. The lowest BCUT2D eigenvalue weighted by molar-refractivity contribution is 0.281. The van der Waals surface area contributed by atoms with Gasteiger partial charge in [0, 0.05) is 34.1 Å². The lowest BCUT2D eigenvalue weighted by Gasteiger charge is -2.11. The summed E-state index contributed by atoms with van der Waals surface area (Å²) in [4.78, 5) is 12.6. The van der Waals surface area contributed by atoms with Crippen LogP contribution < -0.4 is 0 Å². The molecule has 4 rings (SSSR count). The van der Waals surface area contributed by atoms with Crippen LogP contribution in [0.4, 0.5) is 0 Å². The van der Waals surface area contributed by atoms with E-state index in [9.17, 15) is 5.11 Å². The fourth-order valence-corrected chi connectivity index (χ4v) is 3.59. The number of imidazole rings is 1. The summed E-state index contributed by atoms with van der Waals surface area (Å²) in [5.74, 6) is 0.780. The van der Waals surface area contributed by atoms with Gasteiger partial charge < -0.3 is 10.1 Å². The first-order valence-corrected chi connectivity index (χ1v) is 9.43. The van der Waals surface area contributed by atoms with Gasteiger partial charge in [0.25, 0.3) is 0 Å². The van der Waals surface area contributed by atoms with Gasteiger partial charge in [-0.15, -0.1) is 0 Å². The Morgan fingerprint density at radius 3 is 2.32 bits per heavy atom. The number of aliphatic hydroxyl groups is 1. The van der Waals surface area contributed by atoms with Crippen LogP contribution in [0, 0.1) is 13.8 Å². The minimum Gasteiger partial charge on any atom is -0.392 e. The van der Waals surface area contributed by atoms with Crippen molar-refractivity contribution >= 4 is 11.6 Å². The normalized spacial score (nSPS) is 11.0. The van der Waals surface area contributed by atoms with E-state index in [1.165, 1.54) is 0 Å². The van der Waals surface area contributed by atoms with Crippen LogP contribution in [0.25, 0.3) is 33.9 Å². The molecule has 0 unspecified atom stereocenters. The summed E-state index contributed by atoms with van der Waals surface area (Å²) >= 11 is 6.07. The van der Waals surface area contributed by atoms with Gasteiger partial charge in [0.2, 0.25) is 0 Å². The second-order valence-electron chi connectivity index (χ2n) is 6.75. The summed E-state index contributed by atoms with van der Waals surface area (Å²) in [6.45, 7) is 4.08. The Morgan fingerprint density at radius 1 is 0.929 bits per heavy atom. The Hall–Kier alpha value is -2.95. The van der Waals surface area contributed by atoms with Gasteiger partial charge in [0.15, 0.2) is 0 Å². The number of nitrogens with one attached hydrogen (secondary N) is 1. The molecular weight excluding hydrogens is 370 g/mol. The Kier molecular flexibility index (Phi) is 4.99. The van der Waals surface area contributed by atoms with E-state index in [4.69, 9.17) is 16.6 Å². The average molecular weight is 390 g/mol. The van der Waals surface area contributed by atoms with E-state index in [1.807, 2.05) is 55.5 Å². The largest absolute Gasteiger partial charge is 0.392 e. The van der Waals surface area contributed by atoms with Gasteiger partial charge in [-0.25, -0.2) is 4.98 Å². The number of aryl methyl sites for hydroxylation is 1. The first-order chi connectivity index (χ1) is 13.6. The molecule has 0 amide bonds. The molecule has 2 heterocycles. The van der Waals surface area contributed by atoms with Gasteiger partial charge in [0.1, 0.15) is 5.82 Å². The van der Waals surface area contributed by atoms with Crippen LogP contribution >= 0.6 is 11.6 Å². The molecule has 4 aromatic rings. The SMILES string of the molecule is Cc1ccc(CO)c(C)c1-c1nc(-c2ccncc2)c(-c2ccc(Cl)cc2)[nH]1. The van der Waals surface area contributed by atoms with E-state index in [0.29, 0.717) is 5.02 Å². The molecule has 0 saturated carbocycles. The molecule has 2 aromatic carbocycles. The van der Waals surface area contributed by atoms with E-state index in [2.05, 4.69) is 16.9 Å². The maximum Gasteiger partial charge on any atom is 0.139 e. The zero-order valence-electron chi connectivity index (χ0n) is 15.7. The fourth-order valence-electron chi connectivity index (χ4n) is 3.46. The molecule has 0 fully saturated rings. The molecule has 4 nitrogen and oxygen atoms in total. The molecule has 0 bridgehead atoms. The zero-order valence-corrected chi connectivity index (χ0v) is 16.5. The molecule has 0 aliphatic rings. The highest BCUT2D eigenvalue weighted by molar-refractivity contribution is 6.30. The Bertz CT molecular complexity index is 1120. The number of halogens is 1. The van der Waals surface area contributed by atoms with Gasteiger partial charge >= 0.3 is 0 Å². The van der Waals surface area contributed by atoms with E-state index < -0.39 is 0 Å². The molecule has 0 radical (unpaired) electrons. The lowest BCUT2D eigenvalue weighted by Crippen LogP contribution is -1.96. The summed E-state index contributed by atoms with van der Waals surface area (Å²) < 4.78 is 0. The van der Waals surface area contributed by atoms with Crippen molar-refractivity contribution in [2.24, 2.45) is 0 Å². The molecule has 28 heavy (non-hydrogen) atoms. The number of hydrogen-bond donors (Lipinski definition) is 2. The van der Waals surface area contributed by atoms with Crippen LogP contribution in [0.5, 0.6) is 0 Å². The second kappa shape index (κ2) is 7.58. The van der Waals surface area contributed by atoms with E-state index in [0.717, 1.165) is 50.6 Å². The first kappa shape index (κ1) is 18.4. The topological polar surface area (TPSA) is 61.8 Å². The number of aromatic nitrogens is 3. The van der Waals surface area contributed by atoms with Crippen molar-refractivity contribution in [3.8, 4) is 33.9 Å². The number of pyridine rings is 1. The smallest absolute Gasteiger partial charge is 0.139 e. The Morgan fingerprint density at radius 2 is 1.64 bits per heavy atom. The highest BCUT2D eigenvalue weighted by atomic mass is 35.5. The minimum absolute atomic E-state index is 0.00107. The Labute approximate surface area is 168 Å². The van der Waals surface area contributed by atoms with Gasteiger partial charge in [-0.2, -0.15) is 0 Å². The van der Waals surface area contributed by atoms with Gasteiger partial charge in [-0.3, -0.25) is 4.98 Å². The summed E-state index contributed by atoms with van der Waals surface area (Å²) in [6.07, 6.45) is 3.52. The second-order valence-corrected chi connectivity index (χ2v) is 7.19. The van der Waals surface area contributed by atoms with Gasteiger partial charge in [0.05, 0.1) is 18.0 Å². The molecule has 0 aliphatic carbocycles. The van der Waals surface area contributed by atoms with Crippen LogP contribution in [0.2, 0.25) is 5.02 Å². The van der Waals surface area contributed by atoms with Crippen molar-refractivity contribution < 1.29 is 5.11 Å². The summed E-state index contributed by atoms with van der Waals surface area (Å²) in [5.41, 5.74) is 7.81. The summed E-state index contributed by atoms with van der Waals surface area (Å²) in [5, 5.41) is 10.4. The molecule has 0 atom stereocenters.